The molecule has 0 saturated heterocycles. The van der Waals surface area contributed by atoms with Crippen molar-refractivity contribution < 1.29 is 10.0 Å². The number of benzene rings is 1. The number of rotatable bonds is 8. The summed E-state index contributed by atoms with van der Waals surface area (Å²) in [6.45, 7) is 1.48. The summed E-state index contributed by atoms with van der Waals surface area (Å²) in [6.07, 6.45) is 2.70. The van der Waals surface area contributed by atoms with E-state index in [4.69, 9.17) is 16.7 Å². The largest absolute Gasteiger partial charge is 0.396 e. The number of hydrogen-bond donors (Lipinski definition) is 1. The van der Waals surface area contributed by atoms with Gasteiger partial charge in [-0.1, -0.05) is 17.7 Å². The van der Waals surface area contributed by atoms with Crippen molar-refractivity contribution in [1.82, 2.24) is 4.90 Å². The van der Waals surface area contributed by atoms with Gasteiger partial charge in [-0.15, -0.1) is 0 Å². The van der Waals surface area contributed by atoms with Crippen molar-refractivity contribution >= 4 is 17.3 Å². The van der Waals surface area contributed by atoms with E-state index >= 15 is 0 Å². The summed E-state index contributed by atoms with van der Waals surface area (Å²) in [5.74, 6) is 0. The smallest absolute Gasteiger partial charge is 0.275 e. The summed E-state index contributed by atoms with van der Waals surface area (Å²) in [7, 11) is 1.91. The maximum atomic E-state index is 11.0. The number of halogens is 1. The highest BCUT2D eigenvalue weighted by atomic mass is 35.5. The molecule has 1 N–H and O–H groups in total. The number of aliphatic hydroxyl groups excluding tert-OH is 1. The first kappa shape index (κ1) is 15.9. The Kier molecular flexibility index (Phi) is 6.77. The molecule has 0 aliphatic rings. The van der Waals surface area contributed by atoms with Crippen molar-refractivity contribution in [2.75, 3.05) is 20.2 Å². The first-order valence-corrected chi connectivity index (χ1v) is 6.65. The summed E-state index contributed by atoms with van der Waals surface area (Å²) in [6, 6.07) is 4.73. The van der Waals surface area contributed by atoms with Crippen LogP contribution in [-0.2, 0) is 6.54 Å². The van der Waals surface area contributed by atoms with Gasteiger partial charge in [-0.05, 0) is 38.9 Å². The van der Waals surface area contributed by atoms with Crippen LogP contribution in [0, 0.1) is 10.1 Å². The zero-order chi connectivity index (χ0) is 14.3. The summed E-state index contributed by atoms with van der Waals surface area (Å²) in [4.78, 5) is 12.6. The lowest BCUT2D eigenvalue weighted by Gasteiger charge is -2.17. The molecule has 0 aromatic heterocycles. The van der Waals surface area contributed by atoms with Crippen LogP contribution >= 0.6 is 11.6 Å². The molecule has 6 heteroatoms. The highest BCUT2D eigenvalue weighted by molar-refractivity contribution is 6.31. The number of aliphatic hydroxyl groups is 1. The van der Waals surface area contributed by atoms with E-state index in [2.05, 4.69) is 0 Å². The summed E-state index contributed by atoms with van der Waals surface area (Å²) < 4.78 is 0. The molecule has 19 heavy (non-hydrogen) atoms. The fraction of sp³-hybridized carbons (Fsp3) is 0.538. The maximum Gasteiger partial charge on any atom is 0.275 e. The van der Waals surface area contributed by atoms with Crippen molar-refractivity contribution in [3.05, 3.63) is 38.9 Å². The maximum absolute atomic E-state index is 11.0. The van der Waals surface area contributed by atoms with Crippen molar-refractivity contribution in [1.29, 1.82) is 0 Å². The third kappa shape index (κ3) is 5.14. The number of nitro groups is 1. The predicted octanol–water partition coefficient (Wildman–Crippen LogP) is 2.84. The van der Waals surface area contributed by atoms with Gasteiger partial charge in [-0.2, -0.15) is 0 Å². The minimum absolute atomic E-state index is 0.0645. The molecule has 0 radical (unpaired) electrons. The quantitative estimate of drug-likeness (QED) is 0.453. The standard InChI is InChI=1S/C13H19ClN2O3/c1-15(8-3-2-4-9-17)10-11-12(14)6-5-7-13(11)16(18)19/h5-7,17H,2-4,8-10H2,1H3. The minimum Gasteiger partial charge on any atom is -0.396 e. The molecule has 1 aromatic rings. The van der Waals surface area contributed by atoms with E-state index in [9.17, 15) is 10.1 Å². The van der Waals surface area contributed by atoms with E-state index in [0.29, 0.717) is 17.1 Å². The molecule has 0 spiro atoms. The summed E-state index contributed by atoms with van der Waals surface area (Å²) >= 11 is 6.04. The Morgan fingerprint density at radius 2 is 2.11 bits per heavy atom. The van der Waals surface area contributed by atoms with Gasteiger partial charge < -0.3 is 10.0 Å². The molecular formula is C13H19ClN2O3. The van der Waals surface area contributed by atoms with Gasteiger partial charge >= 0.3 is 0 Å². The second-order valence-corrected chi connectivity index (χ2v) is 4.92. The molecular weight excluding hydrogens is 268 g/mol. The molecule has 5 nitrogen and oxygen atoms in total. The molecule has 0 amide bonds. The highest BCUT2D eigenvalue weighted by Gasteiger charge is 2.17. The number of nitrogens with zero attached hydrogens (tertiary/aromatic N) is 2. The summed E-state index contributed by atoms with van der Waals surface area (Å²) in [5.41, 5.74) is 0.619. The van der Waals surface area contributed by atoms with Crippen molar-refractivity contribution in [3.8, 4) is 0 Å². The van der Waals surface area contributed by atoms with Crippen LogP contribution in [0.2, 0.25) is 5.02 Å². The van der Waals surface area contributed by atoms with Crippen LogP contribution in [0.1, 0.15) is 24.8 Å². The van der Waals surface area contributed by atoms with Crippen molar-refractivity contribution in [2.24, 2.45) is 0 Å². The van der Waals surface area contributed by atoms with Gasteiger partial charge in [0, 0.05) is 19.2 Å². The van der Waals surface area contributed by atoms with Gasteiger partial charge in [-0.3, -0.25) is 10.1 Å². The summed E-state index contributed by atoms with van der Waals surface area (Å²) in [5, 5.41) is 20.1. The van der Waals surface area contributed by atoms with Gasteiger partial charge in [-0.25, -0.2) is 0 Å². The lowest BCUT2D eigenvalue weighted by molar-refractivity contribution is -0.385. The van der Waals surface area contributed by atoms with E-state index in [1.54, 1.807) is 12.1 Å². The van der Waals surface area contributed by atoms with Gasteiger partial charge in [0.05, 0.1) is 15.5 Å². The van der Waals surface area contributed by atoms with E-state index in [1.165, 1.54) is 6.07 Å². The van der Waals surface area contributed by atoms with E-state index in [-0.39, 0.29) is 12.3 Å². The average Bonchev–Trinajstić information content (AvgIpc) is 2.37. The Labute approximate surface area is 117 Å². The fourth-order valence-electron chi connectivity index (χ4n) is 1.89. The lowest BCUT2D eigenvalue weighted by atomic mass is 10.1. The first-order chi connectivity index (χ1) is 9.06. The molecule has 106 valence electrons. The Morgan fingerprint density at radius 3 is 2.74 bits per heavy atom. The molecule has 0 unspecified atom stereocenters. The molecule has 0 bridgehead atoms. The van der Waals surface area contributed by atoms with Gasteiger partial charge in [0.1, 0.15) is 0 Å². The zero-order valence-electron chi connectivity index (χ0n) is 11.0. The lowest BCUT2D eigenvalue weighted by Crippen LogP contribution is -2.20. The molecule has 0 atom stereocenters. The van der Waals surface area contributed by atoms with Crippen LogP contribution < -0.4 is 0 Å². The predicted molar refractivity (Wildman–Crippen MR) is 75.4 cm³/mol. The second kappa shape index (κ2) is 8.09. The molecule has 1 aromatic carbocycles. The molecule has 0 aliphatic carbocycles. The highest BCUT2D eigenvalue weighted by Crippen LogP contribution is 2.27. The van der Waals surface area contributed by atoms with Crippen molar-refractivity contribution in [2.45, 2.75) is 25.8 Å². The molecule has 1 rings (SSSR count). The SMILES string of the molecule is CN(CCCCCO)Cc1c(Cl)cccc1[N+](=O)[O-]. The molecule has 0 heterocycles. The van der Waals surface area contributed by atoms with E-state index in [0.717, 1.165) is 25.8 Å². The second-order valence-electron chi connectivity index (χ2n) is 4.52. The van der Waals surface area contributed by atoms with Crippen LogP contribution in [-0.4, -0.2) is 35.1 Å². The minimum atomic E-state index is -0.402. The Bertz CT molecular complexity index is 426. The third-order valence-electron chi connectivity index (χ3n) is 2.92. The van der Waals surface area contributed by atoms with Gasteiger partial charge in [0.2, 0.25) is 0 Å². The zero-order valence-corrected chi connectivity index (χ0v) is 11.8. The third-order valence-corrected chi connectivity index (χ3v) is 3.27. The normalized spacial score (nSPS) is 10.9. The molecule has 0 aliphatic heterocycles. The van der Waals surface area contributed by atoms with Crippen LogP contribution in [0.5, 0.6) is 0 Å². The van der Waals surface area contributed by atoms with Crippen LogP contribution in [0.25, 0.3) is 0 Å². The van der Waals surface area contributed by atoms with Crippen LogP contribution in [0.15, 0.2) is 18.2 Å². The Balaban J connectivity index is 2.63. The van der Waals surface area contributed by atoms with Gasteiger partial charge in [0.15, 0.2) is 0 Å². The van der Waals surface area contributed by atoms with Crippen LogP contribution in [0.4, 0.5) is 5.69 Å². The van der Waals surface area contributed by atoms with E-state index in [1.807, 2.05) is 11.9 Å². The average molecular weight is 287 g/mol. The number of unbranched alkanes of at least 4 members (excludes halogenated alkanes) is 2. The molecule has 0 fully saturated rings. The Hall–Kier alpha value is -1.17. The van der Waals surface area contributed by atoms with Crippen LogP contribution in [0.3, 0.4) is 0 Å². The first-order valence-electron chi connectivity index (χ1n) is 6.27. The number of hydrogen-bond acceptors (Lipinski definition) is 4. The van der Waals surface area contributed by atoms with Gasteiger partial charge in [0.25, 0.3) is 5.69 Å². The Morgan fingerprint density at radius 1 is 1.37 bits per heavy atom. The topological polar surface area (TPSA) is 66.6 Å². The molecule has 0 saturated carbocycles. The fourth-order valence-corrected chi connectivity index (χ4v) is 2.12. The van der Waals surface area contributed by atoms with Crippen molar-refractivity contribution in [3.63, 3.8) is 0 Å². The number of nitro benzene ring substituents is 1. The monoisotopic (exact) mass is 286 g/mol. The van der Waals surface area contributed by atoms with E-state index < -0.39 is 4.92 Å².